The van der Waals surface area contributed by atoms with Gasteiger partial charge in [0.15, 0.2) is 0 Å². The Morgan fingerprint density at radius 3 is 2.18 bits per heavy atom. The van der Waals surface area contributed by atoms with Crippen LogP contribution in [-0.2, 0) is 10.0 Å². The largest absolute Gasteiger partial charge is 0.326 e. The Morgan fingerprint density at radius 2 is 1.58 bits per heavy atom. The average molecular weight is 508 g/mol. The number of benzene rings is 2. The highest BCUT2D eigenvalue weighted by molar-refractivity contribution is 7.92. The van der Waals surface area contributed by atoms with Gasteiger partial charge < -0.3 is 5.32 Å². The lowest BCUT2D eigenvalue weighted by atomic mass is 10.2. The zero-order valence-corrected chi connectivity index (χ0v) is 20.1. The second-order valence-electron chi connectivity index (χ2n) is 6.96. The minimum Gasteiger partial charge on any atom is -0.308 e. The number of urea groups is 1. The minimum absolute atomic E-state index is 0.0240. The first-order valence-corrected chi connectivity index (χ1v) is 11.7. The fourth-order valence-corrected chi connectivity index (χ4v) is 4.32. The van der Waals surface area contributed by atoms with Gasteiger partial charge in [0.1, 0.15) is 0 Å². The summed E-state index contributed by atoms with van der Waals surface area (Å²) in [6.07, 6.45) is 0. The van der Waals surface area contributed by atoms with E-state index in [2.05, 4.69) is 20.6 Å². The van der Waals surface area contributed by atoms with Gasteiger partial charge in [0.2, 0.25) is 5.95 Å². The number of hydrogen-bond donors (Lipinski definition) is 2. The molecular weight excluding hydrogens is 489 g/mol. The summed E-state index contributed by atoms with van der Waals surface area (Å²) in [5.41, 5.74) is 1.58. The molecule has 0 saturated carbocycles. The van der Waals surface area contributed by atoms with Crippen LogP contribution in [0.2, 0.25) is 10.0 Å². The smallest absolute Gasteiger partial charge is 0.308 e. The van der Waals surface area contributed by atoms with Crippen LogP contribution in [0.1, 0.15) is 21.7 Å². The lowest BCUT2D eigenvalue weighted by Gasteiger charge is -2.18. The number of anilines is 2. The number of carbonyl (C=O) groups excluding carboxylic acids is 2. The molecule has 0 spiro atoms. The molecule has 1 aromatic heterocycles. The summed E-state index contributed by atoms with van der Waals surface area (Å²) in [6.45, 7) is 3.49. The van der Waals surface area contributed by atoms with E-state index in [1.54, 1.807) is 19.9 Å². The highest BCUT2D eigenvalue weighted by Crippen LogP contribution is 2.25. The molecule has 0 fully saturated rings. The average Bonchev–Trinajstić information content (AvgIpc) is 2.74. The van der Waals surface area contributed by atoms with Crippen LogP contribution in [0.3, 0.4) is 0 Å². The van der Waals surface area contributed by atoms with Gasteiger partial charge in [-0.1, -0.05) is 29.3 Å². The topological polar surface area (TPSA) is 121 Å². The first kappa shape index (κ1) is 24.4. The van der Waals surface area contributed by atoms with Gasteiger partial charge in [-0.15, -0.1) is 0 Å². The van der Waals surface area contributed by atoms with Crippen molar-refractivity contribution >= 4 is 56.8 Å². The van der Waals surface area contributed by atoms with Crippen LogP contribution in [-0.4, -0.2) is 37.4 Å². The monoisotopic (exact) mass is 507 g/mol. The van der Waals surface area contributed by atoms with Gasteiger partial charge in [-0.05, 0) is 56.3 Å². The molecule has 9 nitrogen and oxygen atoms in total. The van der Waals surface area contributed by atoms with Crippen LogP contribution >= 0.6 is 23.2 Å². The van der Waals surface area contributed by atoms with E-state index in [1.165, 1.54) is 49.5 Å². The number of aromatic nitrogens is 2. The van der Waals surface area contributed by atoms with E-state index in [0.717, 1.165) is 4.31 Å². The molecule has 0 radical (unpaired) electrons. The van der Waals surface area contributed by atoms with E-state index in [0.29, 0.717) is 11.4 Å². The van der Waals surface area contributed by atoms with Crippen LogP contribution in [0.25, 0.3) is 0 Å². The third kappa shape index (κ3) is 5.59. The second-order valence-corrected chi connectivity index (χ2v) is 9.71. The lowest BCUT2D eigenvalue weighted by molar-refractivity contribution is 0.0967. The molecule has 33 heavy (non-hydrogen) atoms. The molecule has 3 amide bonds. The molecule has 0 atom stereocenters. The van der Waals surface area contributed by atoms with Crippen molar-refractivity contribution in [2.45, 2.75) is 18.7 Å². The molecule has 0 saturated heterocycles. The molecular formula is C21H19Cl2N5O4S. The van der Waals surface area contributed by atoms with E-state index in [9.17, 15) is 18.0 Å². The van der Waals surface area contributed by atoms with Crippen LogP contribution < -0.4 is 14.9 Å². The fraction of sp³-hybridized carbons (Fsp3) is 0.143. The molecule has 0 aliphatic rings. The number of imide groups is 1. The summed E-state index contributed by atoms with van der Waals surface area (Å²) in [5.74, 6) is -0.693. The number of sulfonamides is 1. The molecule has 0 aliphatic carbocycles. The molecule has 2 N–H and O–H groups in total. The predicted octanol–water partition coefficient (Wildman–Crippen LogP) is 4.19. The van der Waals surface area contributed by atoms with Gasteiger partial charge in [-0.3, -0.25) is 10.1 Å². The molecule has 12 heteroatoms. The molecule has 0 aliphatic heterocycles. The van der Waals surface area contributed by atoms with E-state index < -0.39 is 22.0 Å². The van der Waals surface area contributed by atoms with Crippen molar-refractivity contribution in [3.05, 3.63) is 75.5 Å². The fourth-order valence-electron chi connectivity index (χ4n) is 2.84. The standard InChI is InChI=1S/C21H19Cl2N5O4S/c1-12-11-13(2)25-20(24-12)28(3)33(31,32)15-9-7-14(8-10-15)26-21(30)27-19(29)16-5-4-6-17(22)18(16)23/h4-11H,1-3H3,(H2,26,27,29,30). The number of rotatable bonds is 5. The van der Waals surface area contributed by atoms with Crippen molar-refractivity contribution in [1.29, 1.82) is 0 Å². The summed E-state index contributed by atoms with van der Waals surface area (Å²) in [5, 5.41) is 4.79. The van der Waals surface area contributed by atoms with E-state index >= 15 is 0 Å². The summed E-state index contributed by atoms with van der Waals surface area (Å²) >= 11 is 11.9. The summed E-state index contributed by atoms with van der Waals surface area (Å²) in [7, 11) is -2.58. The molecule has 0 bridgehead atoms. The Hall–Kier alpha value is -3.21. The van der Waals surface area contributed by atoms with Gasteiger partial charge in [-0.25, -0.2) is 27.5 Å². The normalized spacial score (nSPS) is 11.1. The van der Waals surface area contributed by atoms with Gasteiger partial charge >= 0.3 is 6.03 Å². The van der Waals surface area contributed by atoms with Crippen LogP contribution in [0.5, 0.6) is 0 Å². The molecule has 3 rings (SSSR count). The highest BCUT2D eigenvalue weighted by Gasteiger charge is 2.24. The molecule has 3 aromatic rings. The maximum Gasteiger partial charge on any atom is 0.326 e. The van der Waals surface area contributed by atoms with Crippen LogP contribution in [0, 0.1) is 13.8 Å². The number of carbonyl (C=O) groups is 2. The number of nitrogens with one attached hydrogen (secondary N) is 2. The first-order valence-electron chi connectivity index (χ1n) is 9.46. The zero-order valence-electron chi connectivity index (χ0n) is 17.8. The Balaban J connectivity index is 1.71. The highest BCUT2D eigenvalue weighted by atomic mass is 35.5. The lowest BCUT2D eigenvalue weighted by Crippen LogP contribution is -2.34. The van der Waals surface area contributed by atoms with E-state index in [4.69, 9.17) is 23.2 Å². The predicted molar refractivity (Wildman–Crippen MR) is 126 cm³/mol. The maximum absolute atomic E-state index is 12.9. The number of aryl methyl sites for hydroxylation is 2. The number of hydrogen-bond acceptors (Lipinski definition) is 6. The van der Waals surface area contributed by atoms with Crippen molar-refractivity contribution in [3.8, 4) is 0 Å². The molecule has 0 unspecified atom stereocenters. The van der Waals surface area contributed by atoms with Crippen molar-refractivity contribution < 1.29 is 18.0 Å². The van der Waals surface area contributed by atoms with E-state index in [1.807, 2.05) is 0 Å². The minimum atomic E-state index is -3.94. The second kappa shape index (κ2) is 9.74. The van der Waals surface area contributed by atoms with Crippen LogP contribution in [0.4, 0.5) is 16.4 Å². The van der Waals surface area contributed by atoms with Crippen molar-refractivity contribution in [1.82, 2.24) is 15.3 Å². The number of amides is 3. The van der Waals surface area contributed by atoms with Gasteiger partial charge in [-0.2, -0.15) is 0 Å². The molecule has 1 heterocycles. The Bertz CT molecular complexity index is 1310. The zero-order chi connectivity index (χ0) is 24.3. The quantitative estimate of drug-likeness (QED) is 0.533. The first-order chi connectivity index (χ1) is 15.5. The summed E-state index contributed by atoms with van der Waals surface area (Å²) < 4.78 is 26.8. The van der Waals surface area contributed by atoms with E-state index in [-0.39, 0.29) is 32.1 Å². The summed E-state index contributed by atoms with van der Waals surface area (Å²) in [4.78, 5) is 32.7. The Kier molecular flexibility index (Phi) is 7.21. The summed E-state index contributed by atoms with van der Waals surface area (Å²) in [6, 6.07) is 10.8. The van der Waals surface area contributed by atoms with Crippen molar-refractivity contribution in [3.63, 3.8) is 0 Å². The van der Waals surface area contributed by atoms with Crippen molar-refractivity contribution in [2.24, 2.45) is 0 Å². The SMILES string of the molecule is Cc1cc(C)nc(N(C)S(=O)(=O)c2ccc(NC(=O)NC(=O)c3cccc(Cl)c3Cl)cc2)n1. The van der Waals surface area contributed by atoms with Gasteiger partial charge in [0, 0.05) is 24.1 Å². The third-order valence-electron chi connectivity index (χ3n) is 4.45. The Morgan fingerprint density at radius 1 is 0.970 bits per heavy atom. The molecule has 2 aromatic carbocycles. The maximum atomic E-state index is 12.9. The molecule has 172 valence electrons. The van der Waals surface area contributed by atoms with Crippen molar-refractivity contribution in [2.75, 3.05) is 16.7 Å². The number of halogens is 2. The van der Waals surface area contributed by atoms with Crippen LogP contribution in [0.15, 0.2) is 53.4 Å². The van der Waals surface area contributed by atoms with Gasteiger partial charge in [0.05, 0.1) is 20.5 Å². The number of nitrogens with zero attached hydrogens (tertiary/aromatic N) is 3. The Labute approximate surface area is 200 Å². The third-order valence-corrected chi connectivity index (χ3v) is 7.02. The van der Waals surface area contributed by atoms with Gasteiger partial charge in [0.25, 0.3) is 15.9 Å².